The molecule has 1 aromatic heterocycles. The largest absolute Gasteiger partial charge is 0.440 e. The molecule has 174 valence electrons. The van der Waals surface area contributed by atoms with Gasteiger partial charge in [0.05, 0.1) is 11.6 Å². The Hall–Kier alpha value is -3.19. The van der Waals surface area contributed by atoms with E-state index in [1.807, 2.05) is 0 Å². The minimum absolute atomic E-state index is 0.0982. The van der Waals surface area contributed by atoms with E-state index in [0.29, 0.717) is 0 Å². The zero-order chi connectivity index (χ0) is 24.6. The van der Waals surface area contributed by atoms with E-state index in [4.69, 9.17) is 21.1 Å². The molecule has 0 spiro atoms. The number of ether oxygens (including phenoxy) is 2. The molecule has 0 aliphatic heterocycles. The summed E-state index contributed by atoms with van der Waals surface area (Å²) in [6, 6.07) is 8.79. The second-order valence-corrected chi connectivity index (χ2v) is 8.24. The van der Waals surface area contributed by atoms with Crippen LogP contribution in [0, 0.1) is 40.2 Å². The van der Waals surface area contributed by atoms with Gasteiger partial charge < -0.3 is 9.47 Å². The third-order valence-corrected chi connectivity index (χ3v) is 5.59. The SMILES string of the molecule is CC1(C)C(/C=C(\Cl)C(F)(F)F)C1C(=O)OC(C#N)c1cccc(Oc2c(F)cccc2F)n1. The van der Waals surface area contributed by atoms with Crippen LogP contribution in [0.2, 0.25) is 0 Å². The molecule has 1 aromatic carbocycles. The number of hydrogen-bond donors (Lipinski definition) is 0. The zero-order valence-corrected chi connectivity index (χ0v) is 17.9. The molecule has 0 amide bonds. The van der Waals surface area contributed by atoms with Crippen molar-refractivity contribution in [3.8, 4) is 17.7 Å². The molecule has 3 rings (SSSR count). The molecule has 1 aliphatic carbocycles. The van der Waals surface area contributed by atoms with Crippen molar-refractivity contribution in [1.29, 1.82) is 5.26 Å². The quantitative estimate of drug-likeness (QED) is 0.358. The molecule has 0 bridgehead atoms. The molecule has 3 unspecified atom stereocenters. The standard InChI is InChI=1S/C22H16ClF5N2O3/c1-21(2)11(9-16(23)22(26,27)28)18(21)20(31)32-15(10-29)14-7-4-8-17(30-14)33-19-12(24)5-3-6-13(19)25/h3-9,11,15,18H,1-2H3/b16-9-. The predicted octanol–water partition coefficient (Wildman–Crippen LogP) is 6.22. The van der Waals surface area contributed by atoms with Crippen LogP contribution in [0.25, 0.3) is 0 Å². The van der Waals surface area contributed by atoms with Crippen LogP contribution in [0.4, 0.5) is 22.0 Å². The summed E-state index contributed by atoms with van der Waals surface area (Å²) in [5.74, 6) is -5.63. The number of carbonyl (C=O) groups excluding carboxylic acids is 1. The van der Waals surface area contributed by atoms with Crippen LogP contribution in [0.1, 0.15) is 25.6 Å². The fourth-order valence-electron chi connectivity index (χ4n) is 3.35. The van der Waals surface area contributed by atoms with E-state index in [-0.39, 0.29) is 11.6 Å². The molecule has 5 nitrogen and oxygen atoms in total. The van der Waals surface area contributed by atoms with Crippen molar-refractivity contribution >= 4 is 17.6 Å². The van der Waals surface area contributed by atoms with Gasteiger partial charge in [0.15, 0.2) is 11.6 Å². The van der Waals surface area contributed by atoms with Crippen molar-refractivity contribution in [3.05, 3.63) is 64.8 Å². The van der Waals surface area contributed by atoms with Gasteiger partial charge in [0.2, 0.25) is 17.7 Å². The molecule has 3 atom stereocenters. The average molecular weight is 487 g/mol. The minimum Gasteiger partial charge on any atom is -0.440 e. The lowest BCUT2D eigenvalue weighted by Gasteiger charge is -2.13. The normalized spacial score (nSPS) is 20.5. The molecular formula is C22H16ClF5N2O3. The van der Waals surface area contributed by atoms with Crippen LogP contribution in [0.3, 0.4) is 0 Å². The summed E-state index contributed by atoms with van der Waals surface area (Å²) in [7, 11) is 0. The van der Waals surface area contributed by atoms with Crippen LogP contribution in [0.5, 0.6) is 11.6 Å². The van der Waals surface area contributed by atoms with Gasteiger partial charge in [-0.15, -0.1) is 0 Å². The second kappa shape index (κ2) is 8.98. The molecule has 1 aliphatic rings. The number of halogens is 6. The number of rotatable bonds is 6. The summed E-state index contributed by atoms with van der Waals surface area (Å²) in [6.45, 7) is 3.13. The van der Waals surface area contributed by atoms with Crippen molar-refractivity contribution in [3.63, 3.8) is 0 Å². The van der Waals surface area contributed by atoms with Crippen molar-refractivity contribution in [2.45, 2.75) is 26.1 Å². The number of carbonyl (C=O) groups is 1. The van der Waals surface area contributed by atoms with Crippen LogP contribution in [-0.2, 0) is 9.53 Å². The number of aromatic nitrogens is 1. The molecule has 1 fully saturated rings. The maximum atomic E-state index is 13.8. The summed E-state index contributed by atoms with van der Waals surface area (Å²) in [5.41, 5.74) is -0.970. The molecule has 0 saturated heterocycles. The molecule has 11 heteroatoms. The van der Waals surface area contributed by atoms with Gasteiger partial charge in [0, 0.05) is 6.07 Å². The number of nitriles is 1. The summed E-state index contributed by atoms with van der Waals surface area (Å²) in [6.07, 6.45) is -5.53. The Kier molecular flexibility index (Phi) is 6.65. The van der Waals surface area contributed by atoms with Gasteiger partial charge in [-0.2, -0.15) is 18.4 Å². The van der Waals surface area contributed by atoms with E-state index in [0.717, 1.165) is 24.3 Å². The zero-order valence-electron chi connectivity index (χ0n) is 17.2. The number of nitrogens with zero attached hydrogens (tertiary/aromatic N) is 2. The Balaban J connectivity index is 1.76. The second-order valence-electron chi connectivity index (χ2n) is 7.84. The number of alkyl halides is 3. The van der Waals surface area contributed by atoms with Crippen LogP contribution in [-0.4, -0.2) is 17.1 Å². The number of hydrogen-bond acceptors (Lipinski definition) is 5. The summed E-state index contributed by atoms with van der Waals surface area (Å²) in [4.78, 5) is 16.5. The van der Waals surface area contributed by atoms with Gasteiger partial charge in [0.25, 0.3) is 0 Å². The maximum Gasteiger partial charge on any atom is 0.426 e. The van der Waals surface area contributed by atoms with Gasteiger partial charge in [-0.1, -0.05) is 43.7 Å². The number of esters is 1. The van der Waals surface area contributed by atoms with E-state index in [1.54, 1.807) is 19.9 Å². The van der Waals surface area contributed by atoms with Gasteiger partial charge in [-0.25, -0.2) is 13.8 Å². The van der Waals surface area contributed by atoms with Gasteiger partial charge in [-0.3, -0.25) is 4.79 Å². The molecule has 0 radical (unpaired) electrons. The molecule has 0 N–H and O–H groups in total. The van der Waals surface area contributed by atoms with Crippen LogP contribution in [0.15, 0.2) is 47.5 Å². The van der Waals surface area contributed by atoms with Crippen LogP contribution < -0.4 is 4.74 Å². The Morgan fingerprint density at radius 1 is 1.21 bits per heavy atom. The first-order chi connectivity index (χ1) is 15.4. The molecule has 33 heavy (non-hydrogen) atoms. The first kappa shape index (κ1) is 24.5. The number of benzene rings is 1. The summed E-state index contributed by atoms with van der Waals surface area (Å²) in [5, 5.41) is 8.09. The highest BCUT2D eigenvalue weighted by atomic mass is 35.5. The van der Waals surface area contributed by atoms with Gasteiger partial charge >= 0.3 is 12.1 Å². The Morgan fingerprint density at radius 3 is 2.39 bits per heavy atom. The number of pyridine rings is 1. The molecule has 1 heterocycles. The Labute approximate surface area is 190 Å². The van der Waals surface area contributed by atoms with Gasteiger partial charge in [-0.05, 0) is 29.5 Å². The highest BCUT2D eigenvalue weighted by molar-refractivity contribution is 6.30. The number of allylic oxidation sites excluding steroid dienone is 2. The van der Waals surface area contributed by atoms with Crippen molar-refractivity contribution in [2.75, 3.05) is 0 Å². The maximum absolute atomic E-state index is 13.8. The number of para-hydroxylation sites is 1. The highest BCUT2D eigenvalue weighted by Crippen LogP contribution is 2.60. The van der Waals surface area contributed by atoms with Gasteiger partial charge in [0.1, 0.15) is 11.1 Å². The topological polar surface area (TPSA) is 72.2 Å². The molecule has 2 aromatic rings. The lowest BCUT2D eigenvalue weighted by molar-refractivity contribution is -0.149. The lowest BCUT2D eigenvalue weighted by Crippen LogP contribution is -2.15. The Bertz CT molecular complexity index is 1120. The minimum atomic E-state index is -4.74. The van der Waals surface area contributed by atoms with E-state index >= 15 is 0 Å². The third-order valence-electron chi connectivity index (χ3n) is 5.25. The summed E-state index contributed by atoms with van der Waals surface area (Å²) < 4.78 is 76.1. The predicted molar refractivity (Wildman–Crippen MR) is 106 cm³/mol. The fourth-order valence-corrected chi connectivity index (χ4v) is 3.49. The first-order valence-electron chi connectivity index (χ1n) is 9.49. The van der Waals surface area contributed by atoms with Crippen molar-refractivity contribution in [2.24, 2.45) is 17.3 Å². The van der Waals surface area contributed by atoms with E-state index < -0.39 is 57.9 Å². The van der Waals surface area contributed by atoms with E-state index in [9.17, 15) is 32.0 Å². The third kappa shape index (κ3) is 5.25. The summed E-state index contributed by atoms with van der Waals surface area (Å²) >= 11 is 5.28. The van der Waals surface area contributed by atoms with Crippen molar-refractivity contribution in [1.82, 2.24) is 4.98 Å². The van der Waals surface area contributed by atoms with E-state index in [1.165, 1.54) is 18.2 Å². The average Bonchev–Trinajstić information content (AvgIpc) is 3.28. The van der Waals surface area contributed by atoms with Crippen LogP contribution >= 0.6 is 11.6 Å². The molecular weight excluding hydrogens is 471 g/mol. The monoisotopic (exact) mass is 486 g/mol. The van der Waals surface area contributed by atoms with E-state index in [2.05, 4.69) is 4.98 Å². The fraction of sp³-hybridized carbons (Fsp3) is 0.318. The highest BCUT2D eigenvalue weighted by Gasteiger charge is 2.62. The first-order valence-corrected chi connectivity index (χ1v) is 9.87. The van der Waals surface area contributed by atoms with Crippen molar-refractivity contribution < 1.29 is 36.2 Å². The molecule has 1 saturated carbocycles. The Morgan fingerprint density at radius 2 is 1.82 bits per heavy atom. The lowest BCUT2D eigenvalue weighted by atomic mass is 10.1. The smallest absolute Gasteiger partial charge is 0.426 e.